The van der Waals surface area contributed by atoms with Crippen LogP contribution in [0.25, 0.3) is 11.4 Å². The van der Waals surface area contributed by atoms with Crippen molar-refractivity contribution in [3.63, 3.8) is 0 Å². The quantitative estimate of drug-likeness (QED) is 0.442. The van der Waals surface area contributed by atoms with Crippen molar-refractivity contribution in [2.24, 2.45) is 5.73 Å². The molecule has 1 aromatic heterocycles. The van der Waals surface area contributed by atoms with Crippen LogP contribution in [-0.2, 0) is 16.6 Å². The molecule has 8 heteroatoms. The number of rotatable bonds is 7. The van der Waals surface area contributed by atoms with Crippen molar-refractivity contribution in [2.45, 2.75) is 51.6 Å². The molecule has 0 fully saturated rings. The Balaban J connectivity index is 1.76. The number of nitrogen functional groups attached to an aromatic ring is 1. The maximum atomic E-state index is 10.9. The third-order valence-corrected chi connectivity index (χ3v) is 5.26. The number of hydrogen-bond acceptors (Lipinski definition) is 7. The summed E-state index contributed by atoms with van der Waals surface area (Å²) in [6.07, 6.45) is 0.243. The van der Waals surface area contributed by atoms with E-state index in [0.29, 0.717) is 11.8 Å². The van der Waals surface area contributed by atoms with Crippen LogP contribution >= 0.6 is 0 Å². The van der Waals surface area contributed by atoms with Gasteiger partial charge in [0.15, 0.2) is 5.82 Å². The molecule has 2 atom stereocenters. The summed E-state index contributed by atoms with van der Waals surface area (Å²) in [6.45, 7) is 8.59. The lowest BCUT2D eigenvalue weighted by Crippen LogP contribution is -2.32. The summed E-state index contributed by atoms with van der Waals surface area (Å²) in [5.41, 5.74) is 15.6. The smallest absolute Gasteiger partial charge is 0.320 e. The minimum absolute atomic E-state index is 0.0291. The molecule has 0 aliphatic rings. The Morgan fingerprint density at radius 3 is 2.22 bits per heavy atom. The van der Waals surface area contributed by atoms with E-state index in [1.54, 1.807) is 0 Å². The van der Waals surface area contributed by atoms with Gasteiger partial charge in [-0.05, 0) is 35.4 Å². The van der Waals surface area contributed by atoms with Gasteiger partial charge in [-0.1, -0.05) is 69.3 Å². The summed E-state index contributed by atoms with van der Waals surface area (Å²) in [5.74, 6) is -0.0943. The van der Waals surface area contributed by atoms with Gasteiger partial charge in [0.2, 0.25) is 11.9 Å². The number of aliphatic carboxylic acids is 1. The SMILES string of the molecule is CC(Nc1nc(N)nc(-c2ccc(C[C@H](N)C(=O)O)cc2)n1)c1ccc(C(C)(C)C)cc1. The van der Waals surface area contributed by atoms with Crippen molar-refractivity contribution in [1.29, 1.82) is 0 Å². The van der Waals surface area contributed by atoms with Gasteiger partial charge in [0.05, 0.1) is 6.04 Å². The molecule has 168 valence electrons. The molecular formula is C24H30N6O2. The van der Waals surface area contributed by atoms with Crippen LogP contribution in [0.2, 0.25) is 0 Å². The summed E-state index contributed by atoms with van der Waals surface area (Å²) < 4.78 is 0. The molecule has 0 radical (unpaired) electrons. The second kappa shape index (κ2) is 9.32. The third kappa shape index (κ3) is 5.79. The molecule has 3 rings (SSSR count). The minimum atomic E-state index is -1.03. The first-order valence-corrected chi connectivity index (χ1v) is 10.5. The summed E-state index contributed by atoms with van der Waals surface area (Å²) in [4.78, 5) is 23.9. The Bertz CT molecular complexity index is 1080. The molecule has 0 aliphatic carbocycles. The second-order valence-corrected chi connectivity index (χ2v) is 8.92. The lowest BCUT2D eigenvalue weighted by Gasteiger charge is -2.21. The van der Waals surface area contributed by atoms with Crippen molar-refractivity contribution >= 4 is 17.9 Å². The van der Waals surface area contributed by atoms with E-state index in [2.05, 4.69) is 65.3 Å². The molecule has 0 saturated carbocycles. The highest BCUT2D eigenvalue weighted by molar-refractivity contribution is 5.73. The number of anilines is 2. The van der Waals surface area contributed by atoms with Crippen molar-refractivity contribution in [3.8, 4) is 11.4 Å². The minimum Gasteiger partial charge on any atom is -0.480 e. The number of nitrogens with two attached hydrogens (primary N) is 2. The lowest BCUT2D eigenvalue weighted by atomic mass is 9.86. The number of carboxylic acids is 1. The number of nitrogens with one attached hydrogen (secondary N) is 1. The normalized spacial score (nSPS) is 13.4. The molecule has 6 N–H and O–H groups in total. The van der Waals surface area contributed by atoms with Crippen LogP contribution in [0.15, 0.2) is 48.5 Å². The summed E-state index contributed by atoms with van der Waals surface area (Å²) in [5, 5.41) is 12.3. The van der Waals surface area contributed by atoms with Gasteiger partial charge in [0, 0.05) is 5.56 Å². The molecular weight excluding hydrogens is 404 g/mol. The zero-order valence-corrected chi connectivity index (χ0v) is 18.8. The fraction of sp³-hybridized carbons (Fsp3) is 0.333. The maximum Gasteiger partial charge on any atom is 0.320 e. The molecule has 8 nitrogen and oxygen atoms in total. The first-order chi connectivity index (χ1) is 15.0. The van der Waals surface area contributed by atoms with E-state index in [1.165, 1.54) is 5.56 Å². The van der Waals surface area contributed by atoms with Crippen molar-refractivity contribution < 1.29 is 9.90 Å². The number of carbonyl (C=O) groups is 1. The van der Waals surface area contributed by atoms with Crippen LogP contribution in [-0.4, -0.2) is 32.1 Å². The number of carboxylic acid groups (broad SMARTS) is 1. The van der Waals surface area contributed by atoms with Crippen LogP contribution < -0.4 is 16.8 Å². The molecule has 0 spiro atoms. The molecule has 0 amide bonds. The zero-order chi connectivity index (χ0) is 23.5. The first-order valence-electron chi connectivity index (χ1n) is 10.5. The monoisotopic (exact) mass is 434 g/mol. The predicted octanol–water partition coefficient (Wildman–Crippen LogP) is 3.55. The Hall–Kier alpha value is -3.52. The molecule has 1 heterocycles. The summed E-state index contributed by atoms with van der Waals surface area (Å²) in [7, 11) is 0. The molecule has 2 aromatic carbocycles. The number of hydrogen-bond donors (Lipinski definition) is 4. The molecule has 0 bridgehead atoms. The van der Waals surface area contributed by atoms with Gasteiger partial charge in [-0.2, -0.15) is 15.0 Å². The van der Waals surface area contributed by atoms with Gasteiger partial charge in [0.25, 0.3) is 0 Å². The Labute approximate surface area is 188 Å². The average Bonchev–Trinajstić information content (AvgIpc) is 2.73. The number of aromatic nitrogens is 3. The molecule has 3 aromatic rings. The fourth-order valence-electron chi connectivity index (χ4n) is 3.27. The van der Waals surface area contributed by atoms with Crippen LogP contribution in [0.3, 0.4) is 0 Å². The van der Waals surface area contributed by atoms with E-state index in [4.69, 9.17) is 16.6 Å². The molecule has 0 saturated heterocycles. The van der Waals surface area contributed by atoms with Crippen LogP contribution in [0.1, 0.15) is 50.4 Å². The molecule has 1 unspecified atom stereocenters. The Kier molecular flexibility index (Phi) is 6.74. The summed E-state index contributed by atoms with van der Waals surface area (Å²) in [6, 6.07) is 14.8. The van der Waals surface area contributed by atoms with E-state index in [-0.39, 0.29) is 23.8 Å². The highest BCUT2D eigenvalue weighted by atomic mass is 16.4. The lowest BCUT2D eigenvalue weighted by molar-refractivity contribution is -0.138. The molecule has 0 aliphatic heterocycles. The maximum absolute atomic E-state index is 10.9. The number of benzene rings is 2. The van der Waals surface area contributed by atoms with Crippen LogP contribution in [0.4, 0.5) is 11.9 Å². The van der Waals surface area contributed by atoms with Gasteiger partial charge in [-0.3, -0.25) is 4.79 Å². The van der Waals surface area contributed by atoms with Crippen molar-refractivity contribution in [3.05, 3.63) is 65.2 Å². The van der Waals surface area contributed by atoms with Crippen molar-refractivity contribution in [2.75, 3.05) is 11.1 Å². The largest absolute Gasteiger partial charge is 0.480 e. The second-order valence-electron chi connectivity index (χ2n) is 8.92. The average molecular weight is 435 g/mol. The Morgan fingerprint density at radius 2 is 1.66 bits per heavy atom. The zero-order valence-electron chi connectivity index (χ0n) is 18.8. The van der Waals surface area contributed by atoms with Crippen molar-refractivity contribution in [1.82, 2.24) is 15.0 Å². The van der Waals surface area contributed by atoms with E-state index < -0.39 is 12.0 Å². The topological polar surface area (TPSA) is 140 Å². The Morgan fingerprint density at radius 1 is 1.03 bits per heavy atom. The van der Waals surface area contributed by atoms with Crippen LogP contribution in [0, 0.1) is 0 Å². The van der Waals surface area contributed by atoms with Gasteiger partial charge >= 0.3 is 5.97 Å². The van der Waals surface area contributed by atoms with Gasteiger partial charge in [-0.15, -0.1) is 0 Å². The van der Waals surface area contributed by atoms with Gasteiger partial charge in [0.1, 0.15) is 6.04 Å². The van der Waals surface area contributed by atoms with E-state index in [0.717, 1.165) is 16.7 Å². The van der Waals surface area contributed by atoms with E-state index >= 15 is 0 Å². The van der Waals surface area contributed by atoms with E-state index in [9.17, 15) is 4.79 Å². The number of nitrogens with zero attached hydrogens (tertiary/aromatic N) is 3. The standard InChI is InChI=1S/C24H30N6O2/c1-14(16-9-11-18(12-10-16)24(2,3)4)27-23-29-20(28-22(26)30-23)17-7-5-15(6-8-17)13-19(25)21(31)32/h5-12,14,19H,13,25H2,1-4H3,(H,31,32)(H3,26,27,28,29,30)/t14?,19-/m0/s1. The molecule has 32 heavy (non-hydrogen) atoms. The highest BCUT2D eigenvalue weighted by Crippen LogP contribution is 2.25. The van der Waals surface area contributed by atoms with E-state index in [1.807, 2.05) is 31.2 Å². The van der Waals surface area contributed by atoms with Gasteiger partial charge < -0.3 is 21.9 Å². The fourth-order valence-corrected chi connectivity index (χ4v) is 3.27. The summed E-state index contributed by atoms with van der Waals surface area (Å²) >= 11 is 0. The first kappa shape index (κ1) is 23.1. The highest BCUT2D eigenvalue weighted by Gasteiger charge is 2.16. The van der Waals surface area contributed by atoms with Gasteiger partial charge in [-0.25, -0.2) is 0 Å². The predicted molar refractivity (Wildman–Crippen MR) is 126 cm³/mol. The third-order valence-electron chi connectivity index (χ3n) is 5.26. The van der Waals surface area contributed by atoms with Crippen LogP contribution in [0.5, 0.6) is 0 Å².